The van der Waals surface area contributed by atoms with E-state index in [0.29, 0.717) is 38.5 Å². The van der Waals surface area contributed by atoms with E-state index in [-0.39, 0.29) is 88.4 Å². The number of guanidine groups is 3. The minimum Gasteiger partial charge on any atom is -0.458 e. The topological polar surface area (TPSA) is 543 Å². The number of hydrogen-bond donors (Lipinski definition) is 18. The first kappa shape index (κ1) is 85.3. The van der Waals surface area contributed by atoms with Crippen LogP contribution in [-0.2, 0) is 63.9 Å². The molecule has 0 spiro atoms. The number of aliphatic hydroxyl groups is 1. The highest BCUT2D eigenvalue weighted by molar-refractivity contribution is 6.00. The molecule has 1 aliphatic carbocycles. The second-order valence-corrected chi connectivity index (χ2v) is 26.3. The van der Waals surface area contributed by atoms with Crippen molar-refractivity contribution in [1.29, 1.82) is 0 Å². The van der Waals surface area contributed by atoms with Crippen LogP contribution in [0.1, 0.15) is 164 Å². The Bertz CT molecular complexity index is 2920. The van der Waals surface area contributed by atoms with Gasteiger partial charge >= 0.3 is 5.97 Å². The summed E-state index contributed by atoms with van der Waals surface area (Å²) in [7, 11) is 1.63. The Morgan fingerprint density at radius 2 is 1.00 bits per heavy atom. The normalized spacial score (nSPS) is 20.9. The fourth-order valence-corrected chi connectivity index (χ4v) is 11.6. The van der Waals surface area contributed by atoms with Gasteiger partial charge in [0.25, 0.3) is 0 Å². The Morgan fingerprint density at radius 1 is 0.550 bits per heavy atom. The number of aliphatic hydroxyl groups excluding tert-OH is 1. The molecular formula is C67H116N20O13. The average molecular weight is 1410 g/mol. The van der Waals surface area contributed by atoms with Gasteiger partial charge in [-0.1, -0.05) is 131 Å². The lowest BCUT2D eigenvalue weighted by Gasteiger charge is -2.33. The number of cyclic esters (lactones) is 1. The molecule has 3 rings (SSSR count). The Kier molecular flexibility index (Phi) is 37.8. The molecule has 33 nitrogen and oxygen atoms in total. The molecule has 16 atom stereocenters. The molecule has 0 radical (unpaired) electrons. The molecule has 1 aliphatic heterocycles. The van der Waals surface area contributed by atoms with E-state index in [4.69, 9.17) is 39.1 Å². The van der Waals surface area contributed by atoms with Gasteiger partial charge in [-0.25, -0.2) is 4.79 Å². The molecule has 2 aliphatic rings. The van der Waals surface area contributed by atoms with Gasteiger partial charge in [0, 0.05) is 19.6 Å². The van der Waals surface area contributed by atoms with Crippen molar-refractivity contribution in [1.82, 2.24) is 58.5 Å². The van der Waals surface area contributed by atoms with Gasteiger partial charge < -0.3 is 103 Å². The van der Waals surface area contributed by atoms with Crippen LogP contribution in [0.2, 0.25) is 0 Å². The second kappa shape index (κ2) is 44.3. The number of aliphatic imine (C=N–C) groups is 3. The summed E-state index contributed by atoms with van der Waals surface area (Å²) in [6.07, 6.45) is 4.23. The standard InChI is InChI=1S/C67H116N20O13/c1-11-36(5)48(83-57(92)46(74-10)34-41-24-17-15-18-25-41)59(94)79-43(28-21-31-75-65(68)69)54(89)78-44(29-22-32-76-66(70)71)55(90)82-50(38(7)13-3)61(96)84-49(37(6)12-2)60(95)81-47(35-88)58(93)86-52-40(9)100-64(99)51(39(8)14-4)85-63(98)53(42-26-19-16-20-27-42)87-56(91)45(80-62(52)97)30-23-33-77-67(72)73/h15,17-18,24-25,36-40,42-53,74,88H,11-14,16,19-23,26-35H2,1-10H3,(H,78,89)(H,79,94)(H,80,97)(H,81,95)(H,82,90)(H,83,92)(H,84,96)(H,85,98)(H,86,93)(H,87,91)(H4,68,69,75)(H4,70,71,76)(H4,72,73,77)/t36-,37-,38+,39-,40-,43-,44+,45-,46+,47-,48-,49-,50+,51-,52+,53-/m0/s1. The van der Waals surface area contributed by atoms with Crippen LogP contribution in [0.4, 0.5) is 0 Å². The maximum atomic E-state index is 14.8. The number of carbonyl (C=O) groups is 11. The summed E-state index contributed by atoms with van der Waals surface area (Å²) in [4.78, 5) is 171. The third-order valence-corrected chi connectivity index (χ3v) is 18.7. The largest absolute Gasteiger partial charge is 0.458 e. The summed E-state index contributed by atoms with van der Waals surface area (Å²) in [6.45, 7) is 14.3. The molecule has 1 saturated heterocycles. The molecule has 24 N–H and O–H groups in total. The van der Waals surface area contributed by atoms with Gasteiger partial charge in [-0.15, -0.1) is 0 Å². The fraction of sp³-hybridized carbons (Fsp3) is 0.701. The van der Waals surface area contributed by atoms with E-state index in [0.717, 1.165) is 24.8 Å². The molecular weight excluding hydrogens is 1290 g/mol. The Morgan fingerprint density at radius 3 is 1.47 bits per heavy atom. The Balaban J connectivity index is 2.00. The fourth-order valence-electron chi connectivity index (χ4n) is 11.6. The summed E-state index contributed by atoms with van der Waals surface area (Å²) >= 11 is 0. The third-order valence-electron chi connectivity index (χ3n) is 18.7. The predicted octanol–water partition coefficient (Wildman–Crippen LogP) is -2.47. The smallest absolute Gasteiger partial charge is 0.329 e. The van der Waals surface area contributed by atoms with Crippen LogP contribution in [0.3, 0.4) is 0 Å². The first-order chi connectivity index (χ1) is 47.4. The number of hydrogen-bond acceptors (Lipinski definition) is 17. The quantitative estimate of drug-likeness (QED) is 0.0141. The van der Waals surface area contributed by atoms with Crippen molar-refractivity contribution in [3.8, 4) is 0 Å². The van der Waals surface area contributed by atoms with Crippen molar-refractivity contribution in [3.63, 3.8) is 0 Å². The highest BCUT2D eigenvalue weighted by Gasteiger charge is 2.43. The Labute approximate surface area is 587 Å². The molecule has 1 aromatic rings. The SMILES string of the molecule is CC[C@@H](C)[C@@H](NC(=O)[C@@H](CCCN=C(N)N)NC(=O)[C@H](CCCN=C(N)N)NC(=O)[C@@H](NC(=O)[C@@H](Cc1ccccc1)NC)[C@@H](C)CC)C(=O)N[C@H](C(=O)N[C@@H](CO)C(=O)N[C@H]1C(=O)N[C@@H](CCCN=C(N)N)C(=O)N[C@@H](C2CCCCC2)C(=O)N[C@@H]([C@@H](C)CC)C(=O)O[C@H]1C)[C@@H](C)CC. The number of ether oxygens (including phenoxy) is 1. The van der Waals surface area contributed by atoms with Crippen molar-refractivity contribution in [2.24, 2.45) is 79.0 Å². The molecule has 562 valence electrons. The number of amides is 10. The number of nitrogens with zero attached hydrogens (tertiary/aromatic N) is 3. The summed E-state index contributed by atoms with van der Waals surface area (Å²) in [5, 5.41) is 41.0. The monoisotopic (exact) mass is 1410 g/mol. The van der Waals surface area contributed by atoms with E-state index in [1.165, 1.54) is 6.92 Å². The zero-order valence-corrected chi connectivity index (χ0v) is 60.0. The molecule has 100 heavy (non-hydrogen) atoms. The average Bonchev–Trinajstić information content (AvgIpc) is 1.53. The number of benzene rings is 1. The number of nitrogens with one attached hydrogen (secondary N) is 11. The first-order valence-electron chi connectivity index (χ1n) is 35.2. The van der Waals surface area contributed by atoms with Crippen molar-refractivity contribution < 1.29 is 62.6 Å². The summed E-state index contributed by atoms with van der Waals surface area (Å²) in [5.74, 6) is -12.3. The lowest BCUT2D eigenvalue weighted by molar-refractivity contribution is -0.157. The van der Waals surface area contributed by atoms with Crippen molar-refractivity contribution in [2.75, 3.05) is 33.3 Å². The lowest BCUT2D eigenvalue weighted by atomic mass is 9.83. The number of likely N-dealkylation sites (N-methyl/N-ethyl adjacent to an activating group) is 1. The lowest BCUT2D eigenvalue weighted by Crippen LogP contribution is -2.63. The van der Waals surface area contributed by atoms with Gasteiger partial charge in [-0.2, -0.15) is 0 Å². The maximum Gasteiger partial charge on any atom is 0.329 e. The van der Waals surface area contributed by atoms with E-state index in [2.05, 4.69) is 73.5 Å². The van der Waals surface area contributed by atoms with E-state index in [1.807, 2.05) is 37.3 Å². The van der Waals surface area contributed by atoms with Crippen LogP contribution in [0.25, 0.3) is 0 Å². The summed E-state index contributed by atoms with van der Waals surface area (Å²) in [5.41, 5.74) is 34.4. The zero-order valence-electron chi connectivity index (χ0n) is 60.0. The van der Waals surface area contributed by atoms with Crippen molar-refractivity contribution in [3.05, 3.63) is 35.9 Å². The highest BCUT2D eigenvalue weighted by Crippen LogP contribution is 2.28. The molecule has 1 heterocycles. The van der Waals surface area contributed by atoms with Gasteiger partial charge in [0.1, 0.15) is 66.5 Å². The van der Waals surface area contributed by atoms with E-state index < -0.39 is 168 Å². The minimum atomic E-state index is -1.83. The van der Waals surface area contributed by atoms with E-state index in [9.17, 15) is 57.8 Å². The molecule has 1 saturated carbocycles. The van der Waals surface area contributed by atoms with Crippen LogP contribution in [0.15, 0.2) is 45.3 Å². The van der Waals surface area contributed by atoms with Crippen LogP contribution in [0.5, 0.6) is 0 Å². The van der Waals surface area contributed by atoms with Crippen LogP contribution >= 0.6 is 0 Å². The molecule has 1 aromatic carbocycles. The minimum absolute atomic E-state index is 0.0192. The Hall–Kier alpha value is -8.88. The number of rotatable bonds is 39. The van der Waals surface area contributed by atoms with Crippen molar-refractivity contribution >= 4 is 82.9 Å². The predicted molar refractivity (Wildman–Crippen MR) is 379 cm³/mol. The van der Waals surface area contributed by atoms with E-state index >= 15 is 0 Å². The number of nitrogens with two attached hydrogens (primary N) is 6. The summed E-state index contributed by atoms with van der Waals surface area (Å²) in [6, 6.07) is -5.44. The molecule has 0 unspecified atom stereocenters. The highest BCUT2D eigenvalue weighted by atomic mass is 16.5. The van der Waals surface area contributed by atoms with Crippen LogP contribution in [-0.4, -0.2) is 194 Å². The molecule has 0 aromatic heterocycles. The third kappa shape index (κ3) is 28.4. The van der Waals surface area contributed by atoms with Gasteiger partial charge in [0.2, 0.25) is 59.1 Å². The van der Waals surface area contributed by atoms with Gasteiger partial charge in [0.05, 0.1) is 12.6 Å². The van der Waals surface area contributed by atoms with Crippen LogP contribution in [0, 0.1) is 29.6 Å². The zero-order chi connectivity index (χ0) is 74.8. The first-order valence-corrected chi connectivity index (χ1v) is 35.2. The van der Waals surface area contributed by atoms with E-state index in [1.54, 1.807) is 55.5 Å². The van der Waals surface area contributed by atoms with Crippen LogP contribution < -0.4 is 92.9 Å². The van der Waals surface area contributed by atoms with Gasteiger partial charge in [-0.3, -0.25) is 62.9 Å². The maximum absolute atomic E-state index is 14.8. The summed E-state index contributed by atoms with van der Waals surface area (Å²) < 4.78 is 5.89. The number of esters is 1. The van der Waals surface area contributed by atoms with Gasteiger partial charge in [-0.05, 0) is 107 Å². The molecule has 2 fully saturated rings. The van der Waals surface area contributed by atoms with Gasteiger partial charge in [0.15, 0.2) is 17.9 Å². The molecule has 10 amide bonds. The molecule has 0 bridgehead atoms. The molecule has 33 heteroatoms. The van der Waals surface area contributed by atoms with Crippen molar-refractivity contribution in [2.45, 2.75) is 238 Å². The second-order valence-electron chi connectivity index (χ2n) is 26.3. The number of carbonyl (C=O) groups excluding carboxylic acids is 11.